The van der Waals surface area contributed by atoms with Gasteiger partial charge in [0.15, 0.2) is 0 Å². The van der Waals surface area contributed by atoms with Crippen LogP contribution in [0.2, 0.25) is 0 Å². The van der Waals surface area contributed by atoms with Gasteiger partial charge in [-0.25, -0.2) is 9.59 Å². The zero-order chi connectivity index (χ0) is 22.3. The summed E-state index contributed by atoms with van der Waals surface area (Å²) in [6, 6.07) is 11.1. The molecule has 2 aliphatic rings. The highest BCUT2D eigenvalue weighted by Gasteiger charge is 2.41. The second-order valence-electron chi connectivity index (χ2n) is 7.10. The largest absolute Gasteiger partial charge is 0.478 e. The Labute approximate surface area is 176 Å². The van der Waals surface area contributed by atoms with Crippen molar-refractivity contribution in [1.82, 2.24) is 15.2 Å². The van der Waals surface area contributed by atoms with E-state index in [1.165, 1.54) is 31.3 Å². The lowest BCUT2D eigenvalue weighted by atomic mass is 9.82. The van der Waals surface area contributed by atoms with Crippen molar-refractivity contribution in [1.29, 1.82) is 0 Å². The maximum Gasteiger partial charge on any atom is 0.334 e. The first-order chi connectivity index (χ1) is 14.8. The molecule has 0 saturated heterocycles. The van der Waals surface area contributed by atoms with Crippen molar-refractivity contribution in [3.8, 4) is 0 Å². The van der Waals surface area contributed by atoms with Gasteiger partial charge in [-0.05, 0) is 31.2 Å². The Morgan fingerprint density at radius 2 is 1.55 bits per heavy atom. The molecule has 156 valence electrons. The number of aromatic nitrogens is 1. The zero-order valence-corrected chi connectivity index (χ0v) is 16.3. The number of carbonyl (C=O) groups is 4. The molecule has 31 heavy (non-hydrogen) atoms. The van der Waals surface area contributed by atoms with E-state index in [2.05, 4.69) is 10.3 Å². The molecule has 0 fully saturated rings. The van der Waals surface area contributed by atoms with Gasteiger partial charge >= 0.3 is 11.9 Å². The maximum absolute atomic E-state index is 12.8. The van der Waals surface area contributed by atoms with Crippen LogP contribution in [0.15, 0.2) is 71.2 Å². The molecule has 3 N–H and O–H groups in total. The monoisotopic (exact) mass is 419 g/mol. The Morgan fingerprint density at radius 1 is 0.968 bits per heavy atom. The third-order valence-electron chi connectivity index (χ3n) is 5.28. The van der Waals surface area contributed by atoms with E-state index in [0.29, 0.717) is 0 Å². The van der Waals surface area contributed by atoms with E-state index in [4.69, 9.17) is 0 Å². The molecule has 4 rings (SSSR count). The molecule has 0 spiro atoms. The first-order valence-corrected chi connectivity index (χ1v) is 9.34. The molecule has 9 nitrogen and oxygen atoms in total. The van der Waals surface area contributed by atoms with Crippen LogP contribution in [0, 0.1) is 0 Å². The van der Waals surface area contributed by atoms with Crippen molar-refractivity contribution in [2.45, 2.75) is 12.8 Å². The van der Waals surface area contributed by atoms with Gasteiger partial charge < -0.3 is 15.5 Å². The highest BCUT2D eigenvalue weighted by molar-refractivity contribution is 6.21. The Bertz CT molecular complexity index is 1160. The first kappa shape index (κ1) is 20.0. The van der Waals surface area contributed by atoms with Crippen molar-refractivity contribution < 1.29 is 29.4 Å². The van der Waals surface area contributed by atoms with Gasteiger partial charge in [-0.1, -0.05) is 18.2 Å². The van der Waals surface area contributed by atoms with E-state index in [-0.39, 0.29) is 45.9 Å². The molecule has 1 unspecified atom stereocenters. The summed E-state index contributed by atoms with van der Waals surface area (Å²) in [5, 5.41) is 22.5. The second-order valence-corrected chi connectivity index (χ2v) is 7.10. The van der Waals surface area contributed by atoms with Crippen LogP contribution < -0.4 is 5.32 Å². The lowest BCUT2D eigenvalue weighted by Gasteiger charge is -2.30. The van der Waals surface area contributed by atoms with Crippen LogP contribution in [-0.2, 0) is 9.59 Å². The van der Waals surface area contributed by atoms with Gasteiger partial charge in [0.25, 0.3) is 11.8 Å². The van der Waals surface area contributed by atoms with Crippen LogP contribution in [0.1, 0.15) is 39.3 Å². The first-order valence-electron chi connectivity index (χ1n) is 9.34. The lowest BCUT2D eigenvalue weighted by Crippen LogP contribution is -2.40. The molecule has 2 aliphatic heterocycles. The van der Waals surface area contributed by atoms with Crippen LogP contribution in [0.25, 0.3) is 0 Å². The fourth-order valence-corrected chi connectivity index (χ4v) is 3.94. The Kier molecular flexibility index (Phi) is 4.86. The number of hydrogen-bond acceptors (Lipinski definition) is 6. The zero-order valence-electron chi connectivity index (χ0n) is 16.3. The number of pyridine rings is 1. The number of amides is 2. The number of dihydropyridines is 1. The molecular weight excluding hydrogens is 402 g/mol. The molecule has 3 heterocycles. The average molecular weight is 419 g/mol. The summed E-state index contributed by atoms with van der Waals surface area (Å²) in [5.74, 6) is -4.93. The minimum absolute atomic E-state index is 0.0557. The number of benzene rings is 1. The molecule has 2 aromatic rings. The van der Waals surface area contributed by atoms with Crippen LogP contribution in [0.3, 0.4) is 0 Å². The third-order valence-corrected chi connectivity index (χ3v) is 5.28. The third kappa shape index (κ3) is 3.25. The van der Waals surface area contributed by atoms with E-state index < -0.39 is 29.7 Å². The Morgan fingerprint density at radius 3 is 2.06 bits per heavy atom. The van der Waals surface area contributed by atoms with Crippen molar-refractivity contribution >= 4 is 23.8 Å². The number of carboxylic acids is 2. The van der Waals surface area contributed by atoms with Crippen molar-refractivity contribution in [2.24, 2.45) is 0 Å². The van der Waals surface area contributed by atoms with E-state index in [1.807, 2.05) is 0 Å². The molecule has 0 bridgehead atoms. The van der Waals surface area contributed by atoms with Crippen molar-refractivity contribution in [3.63, 3.8) is 0 Å². The van der Waals surface area contributed by atoms with E-state index in [9.17, 15) is 29.4 Å². The van der Waals surface area contributed by atoms with E-state index in [1.54, 1.807) is 24.3 Å². The topological polar surface area (TPSA) is 137 Å². The van der Waals surface area contributed by atoms with Gasteiger partial charge in [-0.15, -0.1) is 0 Å². The second kappa shape index (κ2) is 7.52. The number of carbonyl (C=O) groups excluding carboxylic acids is 2. The Hall–Kier alpha value is -4.27. The molecule has 1 atom stereocenters. The number of allylic oxidation sites excluding steroid dienone is 1. The number of fused-ring (bicyclic) bond motifs is 1. The average Bonchev–Trinajstić information content (AvgIpc) is 2.98. The van der Waals surface area contributed by atoms with Gasteiger partial charge in [-0.2, -0.15) is 0 Å². The predicted octanol–water partition coefficient (Wildman–Crippen LogP) is 1.76. The summed E-state index contributed by atoms with van der Waals surface area (Å²) in [5.41, 5.74) is 0.527. The lowest BCUT2D eigenvalue weighted by molar-refractivity contribution is -0.133. The van der Waals surface area contributed by atoms with Gasteiger partial charge in [0.05, 0.1) is 40.4 Å². The molecule has 2 amide bonds. The van der Waals surface area contributed by atoms with Gasteiger partial charge in [0.1, 0.15) is 0 Å². The van der Waals surface area contributed by atoms with Crippen LogP contribution in [0.4, 0.5) is 0 Å². The number of rotatable bonds is 5. The summed E-state index contributed by atoms with van der Waals surface area (Å²) < 4.78 is 0. The number of aliphatic carboxylic acids is 2. The molecule has 1 aromatic carbocycles. The quantitative estimate of drug-likeness (QED) is 0.624. The maximum atomic E-state index is 12.8. The summed E-state index contributed by atoms with van der Waals surface area (Å²) in [6.45, 7) is 1.15. The molecular formula is C22H17N3O6. The van der Waals surface area contributed by atoms with Crippen molar-refractivity contribution in [2.75, 3.05) is 6.54 Å². The molecule has 0 saturated carbocycles. The van der Waals surface area contributed by atoms with E-state index in [0.717, 1.165) is 4.90 Å². The molecule has 1 aromatic heterocycles. The number of nitrogens with zero attached hydrogens (tertiary/aromatic N) is 2. The highest BCUT2D eigenvalue weighted by atomic mass is 16.4. The van der Waals surface area contributed by atoms with E-state index >= 15 is 0 Å². The number of nitrogens with one attached hydrogen (secondary N) is 1. The van der Waals surface area contributed by atoms with Crippen LogP contribution >= 0.6 is 0 Å². The number of carboxylic acid groups (broad SMARTS) is 2. The van der Waals surface area contributed by atoms with Gasteiger partial charge in [0, 0.05) is 17.6 Å². The molecule has 9 heteroatoms. The minimum Gasteiger partial charge on any atom is -0.478 e. The Balaban J connectivity index is 1.82. The smallest absolute Gasteiger partial charge is 0.334 e. The highest BCUT2D eigenvalue weighted by Crippen LogP contribution is 2.38. The fraction of sp³-hybridized carbons (Fsp3) is 0.136. The summed E-state index contributed by atoms with van der Waals surface area (Å²) in [7, 11) is 0. The van der Waals surface area contributed by atoms with Crippen LogP contribution in [-0.4, -0.2) is 50.4 Å². The van der Waals surface area contributed by atoms with Crippen LogP contribution in [0.5, 0.6) is 0 Å². The number of imide groups is 1. The normalized spacial score (nSPS) is 18.2. The summed E-state index contributed by atoms with van der Waals surface area (Å²) in [4.78, 5) is 54.8. The van der Waals surface area contributed by atoms with Crippen molar-refractivity contribution in [3.05, 3.63) is 88.0 Å². The van der Waals surface area contributed by atoms with Gasteiger partial charge in [-0.3, -0.25) is 19.5 Å². The fourth-order valence-electron chi connectivity index (χ4n) is 3.94. The summed E-state index contributed by atoms with van der Waals surface area (Å²) >= 11 is 0. The molecule has 0 radical (unpaired) electrons. The molecule has 0 aliphatic carbocycles. The number of hydrogen-bond donors (Lipinski definition) is 3. The minimum atomic E-state index is -1.37. The predicted molar refractivity (Wildman–Crippen MR) is 107 cm³/mol. The SMILES string of the molecule is CC1=C(C(=O)O)C(c2ccccn2)C(C(=O)O)=C(CN2C(=O)c3ccccc3C2=O)N1. The standard InChI is InChI=1S/C22H17N3O6/c1-11-16(21(28)29)17(14-8-4-5-9-23-14)18(22(30)31)15(24-11)10-25-19(26)12-6-2-3-7-13(12)20(25)27/h2-9,17,24H,10H2,1H3,(H,28,29)(H,30,31). The summed E-state index contributed by atoms with van der Waals surface area (Å²) in [6.07, 6.45) is 1.44. The van der Waals surface area contributed by atoms with Gasteiger partial charge in [0.2, 0.25) is 0 Å².